The summed E-state index contributed by atoms with van der Waals surface area (Å²) >= 11 is 1.90. The third kappa shape index (κ3) is 4.27. The molecule has 8 aromatic carbocycles. The van der Waals surface area contributed by atoms with Crippen molar-refractivity contribution in [1.29, 1.82) is 0 Å². The van der Waals surface area contributed by atoms with E-state index >= 15 is 0 Å². The Morgan fingerprint density at radius 3 is 1.85 bits per heavy atom. The molecule has 0 aliphatic heterocycles. The first kappa shape index (κ1) is 29.9. The molecule has 2 aliphatic rings. The van der Waals surface area contributed by atoms with Gasteiger partial charge in [0.25, 0.3) is 0 Å². The van der Waals surface area contributed by atoms with E-state index in [2.05, 4.69) is 172 Å². The second kappa shape index (κ2) is 11.1. The van der Waals surface area contributed by atoms with E-state index in [0.717, 1.165) is 12.8 Å². The fourth-order valence-corrected chi connectivity index (χ4v) is 10.5. The van der Waals surface area contributed by atoms with Crippen LogP contribution < -0.4 is 0 Å². The normalized spacial score (nSPS) is 14.8. The quantitative estimate of drug-likeness (QED) is 0.163. The van der Waals surface area contributed by atoms with Crippen LogP contribution >= 0.6 is 11.3 Å². The van der Waals surface area contributed by atoms with Gasteiger partial charge in [0.1, 0.15) is 0 Å². The van der Waals surface area contributed by atoms with E-state index in [0.29, 0.717) is 0 Å². The van der Waals surface area contributed by atoms with Crippen molar-refractivity contribution in [2.24, 2.45) is 0 Å². The van der Waals surface area contributed by atoms with Gasteiger partial charge < -0.3 is 0 Å². The third-order valence-corrected chi connectivity index (χ3v) is 13.1. The van der Waals surface area contributed by atoms with Gasteiger partial charge in [-0.2, -0.15) is 0 Å². The number of hydrogen-bond acceptors (Lipinski definition) is 1. The minimum atomic E-state index is -0.0643. The van der Waals surface area contributed by atoms with Crippen LogP contribution in [0.4, 0.5) is 0 Å². The van der Waals surface area contributed by atoms with Crippen LogP contribution in [0.2, 0.25) is 0 Å². The van der Waals surface area contributed by atoms with E-state index < -0.39 is 0 Å². The van der Waals surface area contributed by atoms with Crippen molar-refractivity contribution in [1.82, 2.24) is 0 Å². The molecule has 52 heavy (non-hydrogen) atoms. The monoisotopic (exact) mass is 680 g/mol. The van der Waals surface area contributed by atoms with Crippen molar-refractivity contribution in [3.8, 4) is 33.4 Å². The number of fused-ring (bicyclic) bond motifs is 10. The highest BCUT2D eigenvalue weighted by molar-refractivity contribution is 7.26. The van der Waals surface area contributed by atoms with Crippen molar-refractivity contribution in [3.63, 3.8) is 0 Å². The topological polar surface area (TPSA) is 0 Å². The van der Waals surface area contributed by atoms with E-state index in [-0.39, 0.29) is 5.41 Å². The molecule has 11 rings (SSSR count). The van der Waals surface area contributed by atoms with Crippen LogP contribution in [-0.4, -0.2) is 0 Å². The minimum Gasteiger partial charge on any atom is -0.135 e. The first-order valence-electron chi connectivity index (χ1n) is 18.5. The van der Waals surface area contributed by atoms with Gasteiger partial charge in [-0.15, -0.1) is 11.3 Å². The average Bonchev–Trinajstić information content (AvgIpc) is 3.68. The molecule has 1 aromatic heterocycles. The molecular formula is C51H36S. The Balaban J connectivity index is 1.05. The van der Waals surface area contributed by atoms with E-state index in [1.807, 2.05) is 11.3 Å². The Morgan fingerprint density at radius 2 is 1.13 bits per heavy atom. The van der Waals surface area contributed by atoms with Crippen LogP contribution in [0.3, 0.4) is 0 Å². The fourth-order valence-electron chi connectivity index (χ4n) is 9.40. The van der Waals surface area contributed by atoms with Crippen LogP contribution in [-0.2, 0) is 5.41 Å². The Hall–Kier alpha value is -5.76. The lowest BCUT2D eigenvalue weighted by Gasteiger charge is -2.22. The number of thiophene rings is 1. The standard InChI is InChI=1S/C51H36S/c1-51(2)44-26-24-34(28-42(44)43-30-41-35(29-45(43)51)25-27-47-50(41)40-18-10-11-19-46(40)52-47)31-20-22-33(23-21-31)49-38-16-8-6-14-36(38)48(32-12-4-3-5-13-32)37-15-7-9-17-39(37)49/h3-4,6-12,14-30H,5,13H2,1-2H3. The molecular weight excluding hydrogens is 645 g/mol. The van der Waals surface area contributed by atoms with Crippen molar-refractivity contribution >= 4 is 69.4 Å². The maximum atomic E-state index is 2.49. The lowest BCUT2D eigenvalue weighted by Crippen LogP contribution is -2.14. The van der Waals surface area contributed by atoms with Crippen LogP contribution in [0.15, 0.2) is 158 Å². The molecule has 0 radical (unpaired) electrons. The molecule has 0 unspecified atom stereocenters. The highest BCUT2D eigenvalue weighted by Crippen LogP contribution is 2.52. The molecule has 0 nitrogen and oxygen atoms in total. The minimum absolute atomic E-state index is 0.0643. The second-order valence-corrected chi connectivity index (χ2v) is 16.2. The maximum Gasteiger partial charge on any atom is 0.0361 e. The zero-order valence-corrected chi connectivity index (χ0v) is 30.2. The van der Waals surface area contributed by atoms with Crippen molar-refractivity contribution in [3.05, 3.63) is 174 Å². The first-order chi connectivity index (χ1) is 25.5. The summed E-state index contributed by atoms with van der Waals surface area (Å²) in [5, 5.41) is 10.7. The molecule has 246 valence electrons. The Morgan fingerprint density at radius 1 is 0.500 bits per heavy atom. The molecule has 1 heteroatoms. The van der Waals surface area contributed by atoms with Gasteiger partial charge in [-0.25, -0.2) is 0 Å². The highest BCUT2D eigenvalue weighted by Gasteiger charge is 2.36. The lowest BCUT2D eigenvalue weighted by molar-refractivity contribution is 0.661. The van der Waals surface area contributed by atoms with E-state index in [4.69, 9.17) is 0 Å². The Labute approximate surface area is 308 Å². The predicted octanol–water partition coefficient (Wildman–Crippen LogP) is 14.9. The van der Waals surface area contributed by atoms with Crippen LogP contribution in [0, 0.1) is 0 Å². The van der Waals surface area contributed by atoms with Gasteiger partial charge in [-0.05, 0) is 131 Å². The molecule has 0 amide bonds. The van der Waals surface area contributed by atoms with Crippen LogP contribution in [0.5, 0.6) is 0 Å². The highest BCUT2D eigenvalue weighted by atomic mass is 32.1. The summed E-state index contributed by atoms with van der Waals surface area (Å²) in [6.45, 7) is 4.77. The van der Waals surface area contributed by atoms with Gasteiger partial charge in [0.2, 0.25) is 0 Å². The smallest absolute Gasteiger partial charge is 0.0361 e. The molecule has 0 fully saturated rings. The summed E-state index contributed by atoms with van der Waals surface area (Å²) < 4.78 is 2.71. The molecule has 0 atom stereocenters. The van der Waals surface area contributed by atoms with E-state index in [1.165, 1.54) is 108 Å². The molecule has 0 spiro atoms. The van der Waals surface area contributed by atoms with Crippen LogP contribution in [0.1, 0.15) is 43.4 Å². The van der Waals surface area contributed by atoms with Gasteiger partial charge in [0, 0.05) is 25.6 Å². The summed E-state index contributed by atoms with van der Waals surface area (Å²) in [6.07, 6.45) is 8.98. The number of benzene rings is 8. The van der Waals surface area contributed by atoms with Gasteiger partial charge in [-0.3, -0.25) is 0 Å². The molecule has 0 bridgehead atoms. The van der Waals surface area contributed by atoms with Gasteiger partial charge >= 0.3 is 0 Å². The summed E-state index contributed by atoms with van der Waals surface area (Å²) in [7, 11) is 0. The zero-order chi connectivity index (χ0) is 34.6. The number of rotatable bonds is 3. The Kier molecular flexibility index (Phi) is 6.40. The van der Waals surface area contributed by atoms with Crippen molar-refractivity contribution in [2.45, 2.75) is 32.1 Å². The zero-order valence-electron chi connectivity index (χ0n) is 29.3. The Bertz CT molecular complexity index is 2960. The number of hydrogen-bond donors (Lipinski definition) is 0. The van der Waals surface area contributed by atoms with E-state index in [1.54, 1.807) is 0 Å². The number of allylic oxidation sites excluding steroid dienone is 4. The molecule has 2 aliphatic carbocycles. The van der Waals surface area contributed by atoms with Gasteiger partial charge in [0.05, 0.1) is 0 Å². The largest absolute Gasteiger partial charge is 0.135 e. The predicted molar refractivity (Wildman–Crippen MR) is 227 cm³/mol. The average molecular weight is 681 g/mol. The molecule has 0 saturated heterocycles. The lowest BCUT2D eigenvalue weighted by atomic mass is 9.81. The summed E-state index contributed by atoms with van der Waals surface area (Å²) in [5.74, 6) is 0. The molecule has 9 aromatic rings. The van der Waals surface area contributed by atoms with Gasteiger partial charge in [0.15, 0.2) is 0 Å². The van der Waals surface area contributed by atoms with Gasteiger partial charge in [-0.1, -0.05) is 141 Å². The SMILES string of the molecule is CC1(C)c2ccc(-c3ccc(-c4c5ccccc5c(C5=CC=CCC5)c5ccccc45)cc3)cc2-c2cc3c(ccc4sc5ccccc5c43)cc21. The molecule has 0 N–H and O–H groups in total. The van der Waals surface area contributed by atoms with Crippen LogP contribution in [0.25, 0.3) is 91.4 Å². The summed E-state index contributed by atoms with van der Waals surface area (Å²) in [4.78, 5) is 0. The summed E-state index contributed by atoms with van der Waals surface area (Å²) in [6, 6.07) is 52.9. The molecule has 0 saturated carbocycles. The van der Waals surface area contributed by atoms with E-state index in [9.17, 15) is 0 Å². The summed E-state index contributed by atoms with van der Waals surface area (Å²) in [5.41, 5.74) is 13.4. The fraction of sp³-hybridized carbons (Fsp3) is 0.0980. The second-order valence-electron chi connectivity index (χ2n) is 15.1. The van der Waals surface area contributed by atoms with Crippen molar-refractivity contribution < 1.29 is 0 Å². The maximum absolute atomic E-state index is 2.49. The molecule has 1 heterocycles. The van der Waals surface area contributed by atoms with Crippen molar-refractivity contribution in [2.75, 3.05) is 0 Å². The third-order valence-electron chi connectivity index (χ3n) is 11.9. The first-order valence-corrected chi connectivity index (χ1v) is 19.3.